The molecule has 1 rings (SSSR count). The fourth-order valence-corrected chi connectivity index (χ4v) is 2.27. The molecule has 1 aromatic carbocycles. The topological polar surface area (TPSA) is 32.3 Å². The van der Waals surface area contributed by atoms with Crippen molar-refractivity contribution in [1.82, 2.24) is 5.32 Å². The quantitative estimate of drug-likeness (QED) is 0.663. The lowest BCUT2D eigenvalue weighted by atomic mass is 10.1. The molecule has 0 fully saturated rings. The number of rotatable bonds is 9. The van der Waals surface area contributed by atoms with Gasteiger partial charge in [-0.15, -0.1) is 0 Å². The average molecular weight is 253 g/mol. The molecule has 0 radical (unpaired) electrons. The molecule has 2 N–H and O–H groups in total. The molecule has 1 atom stereocenters. The van der Waals surface area contributed by atoms with Crippen LogP contribution < -0.4 is 5.32 Å². The molecular weight excluding hydrogens is 230 g/mol. The van der Waals surface area contributed by atoms with Crippen LogP contribution in [0.2, 0.25) is 0 Å². The maximum absolute atomic E-state index is 9.32. The van der Waals surface area contributed by atoms with Gasteiger partial charge in [-0.2, -0.15) is 11.8 Å². The lowest BCUT2D eigenvalue weighted by Crippen LogP contribution is -2.35. The minimum Gasteiger partial charge on any atom is -0.395 e. The summed E-state index contributed by atoms with van der Waals surface area (Å²) in [7, 11) is 0. The highest BCUT2D eigenvalue weighted by Crippen LogP contribution is 2.03. The van der Waals surface area contributed by atoms with Crippen molar-refractivity contribution in [3.63, 3.8) is 0 Å². The number of benzene rings is 1. The Morgan fingerprint density at radius 2 is 2.00 bits per heavy atom. The first-order valence-electron chi connectivity index (χ1n) is 6.24. The van der Waals surface area contributed by atoms with Gasteiger partial charge in [0.25, 0.3) is 0 Å². The summed E-state index contributed by atoms with van der Waals surface area (Å²) >= 11 is 1.89. The van der Waals surface area contributed by atoms with Crippen molar-refractivity contribution in [2.75, 3.05) is 25.2 Å². The van der Waals surface area contributed by atoms with Crippen LogP contribution in [0.25, 0.3) is 0 Å². The molecule has 17 heavy (non-hydrogen) atoms. The zero-order valence-electron chi connectivity index (χ0n) is 10.6. The van der Waals surface area contributed by atoms with Gasteiger partial charge in [-0.05, 0) is 43.4 Å². The first kappa shape index (κ1) is 14.6. The second-order valence-electron chi connectivity index (χ2n) is 4.22. The molecule has 0 amide bonds. The van der Waals surface area contributed by atoms with Crippen LogP contribution in [-0.4, -0.2) is 36.3 Å². The Labute approximate surface area is 109 Å². The Balaban J connectivity index is 2.20. The molecule has 0 aliphatic rings. The highest BCUT2D eigenvalue weighted by Gasteiger charge is 2.06. The first-order chi connectivity index (χ1) is 8.36. The zero-order valence-corrected chi connectivity index (χ0v) is 11.4. The number of hydrogen-bond donors (Lipinski definition) is 2. The van der Waals surface area contributed by atoms with E-state index in [-0.39, 0.29) is 12.6 Å². The van der Waals surface area contributed by atoms with Gasteiger partial charge in [0.2, 0.25) is 0 Å². The number of unbranched alkanes of at least 4 members (excludes halogenated alkanes) is 1. The van der Waals surface area contributed by atoms with E-state index in [0.717, 1.165) is 13.0 Å². The Morgan fingerprint density at radius 1 is 1.24 bits per heavy atom. The Bertz CT molecular complexity index is 279. The normalized spacial score (nSPS) is 12.6. The fourth-order valence-electron chi connectivity index (χ4n) is 1.78. The molecule has 1 unspecified atom stereocenters. The van der Waals surface area contributed by atoms with Gasteiger partial charge in [-0.3, -0.25) is 0 Å². The molecule has 0 bridgehead atoms. The van der Waals surface area contributed by atoms with Crippen LogP contribution in [-0.2, 0) is 6.42 Å². The van der Waals surface area contributed by atoms with E-state index in [1.807, 2.05) is 30.0 Å². The largest absolute Gasteiger partial charge is 0.395 e. The molecule has 0 aliphatic heterocycles. The second-order valence-corrected chi connectivity index (χ2v) is 5.21. The number of aliphatic hydroxyl groups is 1. The summed E-state index contributed by atoms with van der Waals surface area (Å²) in [4.78, 5) is 0. The van der Waals surface area contributed by atoms with E-state index in [1.165, 1.54) is 24.2 Å². The number of aliphatic hydroxyl groups excluding tert-OH is 1. The molecule has 0 aromatic heterocycles. The molecule has 96 valence electrons. The summed E-state index contributed by atoms with van der Waals surface area (Å²) in [5.74, 6) is 1.23. The van der Waals surface area contributed by atoms with Crippen molar-refractivity contribution in [3.05, 3.63) is 35.9 Å². The van der Waals surface area contributed by atoms with Crippen LogP contribution in [0.15, 0.2) is 30.3 Å². The minimum atomic E-state index is 0.187. The molecule has 3 heteroatoms. The van der Waals surface area contributed by atoms with Crippen molar-refractivity contribution in [2.24, 2.45) is 0 Å². The van der Waals surface area contributed by atoms with Crippen molar-refractivity contribution in [3.8, 4) is 0 Å². The third-order valence-electron chi connectivity index (χ3n) is 2.75. The van der Waals surface area contributed by atoms with Crippen LogP contribution in [0.5, 0.6) is 0 Å². The molecule has 0 spiro atoms. The van der Waals surface area contributed by atoms with E-state index in [4.69, 9.17) is 0 Å². The van der Waals surface area contributed by atoms with Crippen molar-refractivity contribution >= 4 is 11.8 Å². The third-order valence-corrected chi connectivity index (χ3v) is 3.45. The molecule has 1 aromatic rings. The third kappa shape index (κ3) is 6.71. The molecule has 0 heterocycles. The Kier molecular flexibility index (Phi) is 8.14. The van der Waals surface area contributed by atoms with Crippen molar-refractivity contribution in [2.45, 2.75) is 25.3 Å². The monoisotopic (exact) mass is 253 g/mol. The maximum atomic E-state index is 9.32. The van der Waals surface area contributed by atoms with Gasteiger partial charge in [0.15, 0.2) is 0 Å². The minimum absolute atomic E-state index is 0.187. The number of thioether (sulfide) groups is 1. The zero-order chi connectivity index (χ0) is 12.3. The van der Waals surface area contributed by atoms with Crippen LogP contribution in [0, 0.1) is 0 Å². The maximum Gasteiger partial charge on any atom is 0.0587 e. The van der Waals surface area contributed by atoms with Crippen LogP contribution in [0.4, 0.5) is 0 Å². The number of nitrogens with one attached hydrogen (secondary N) is 1. The smallest absolute Gasteiger partial charge is 0.0587 e. The van der Waals surface area contributed by atoms with Gasteiger partial charge in [0.1, 0.15) is 0 Å². The van der Waals surface area contributed by atoms with Gasteiger partial charge in [-0.25, -0.2) is 0 Å². The molecular formula is C14H23NOS. The van der Waals surface area contributed by atoms with Gasteiger partial charge in [-0.1, -0.05) is 30.3 Å². The summed E-state index contributed by atoms with van der Waals surface area (Å²) in [6.45, 7) is 1.20. The summed E-state index contributed by atoms with van der Waals surface area (Å²) in [6, 6.07) is 10.5. The van der Waals surface area contributed by atoms with E-state index < -0.39 is 0 Å². The van der Waals surface area contributed by atoms with Crippen molar-refractivity contribution in [1.29, 1.82) is 0 Å². The molecule has 0 saturated heterocycles. The van der Waals surface area contributed by atoms with E-state index in [0.29, 0.717) is 0 Å². The van der Waals surface area contributed by atoms with E-state index >= 15 is 0 Å². The summed E-state index contributed by atoms with van der Waals surface area (Å²) in [5, 5.41) is 12.7. The summed E-state index contributed by atoms with van der Waals surface area (Å²) in [6.07, 6.45) is 5.48. The highest BCUT2D eigenvalue weighted by atomic mass is 32.2. The predicted octanol–water partition coefficient (Wildman–Crippen LogP) is 2.32. The highest BCUT2D eigenvalue weighted by molar-refractivity contribution is 7.98. The molecule has 0 aliphatic carbocycles. The summed E-state index contributed by atoms with van der Waals surface area (Å²) < 4.78 is 0. The van der Waals surface area contributed by atoms with Crippen LogP contribution in [0.3, 0.4) is 0 Å². The van der Waals surface area contributed by atoms with E-state index in [9.17, 15) is 5.11 Å². The molecule has 2 nitrogen and oxygen atoms in total. The first-order valence-corrected chi connectivity index (χ1v) is 7.63. The number of hydrogen-bond acceptors (Lipinski definition) is 3. The van der Waals surface area contributed by atoms with Gasteiger partial charge < -0.3 is 10.4 Å². The fraction of sp³-hybridized carbons (Fsp3) is 0.571. The van der Waals surface area contributed by atoms with Gasteiger partial charge >= 0.3 is 0 Å². The van der Waals surface area contributed by atoms with E-state index in [2.05, 4.69) is 23.7 Å². The van der Waals surface area contributed by atoms with Gasteiger partial charge in [0, 0.05) is 6.04 Å². The van der Waals surface area contributed by atoms with Gasteiger partial charge in [0.05, 0.1) is 6.61 Å². The van der Waals surface area contributed by atoms with Crippen LogP contribution >= 0.6 is 11.8 Å². The summed E-state index contributed by atoms with van der Waals surface area (Å²) in [5.41, 5.74) is 1.28. The van der Waals surface area contributed by atoms with Crippen LogP contribution in [0.1, 0.15) is 18.4 Å². The SMILES string of the molecule is CSCCCCNC(CO)Cc1ccccc1. The predicted molar refractivity (Wildman–Crippen MR) is 76.6 cm³/mol. The Morgan fingerprint density at radius 3 is 2.65 bits per heavy atom. The van der Waals surface area contributed by atoms with E-state index in [1.54, 1.807) is 0 Å². The average Bonchev–Trinajstić information content (AvgIpc) is 2.38. The Hall–Kier alpha value is -0.510. The molecule has 0 saturated carbocycles. The lowest BCUT2D eigenvalue weighted by Gasteiger charge is -2.16. The standard InChI is InChI=1S/C14H23NOS/c1-17-10-6-5-9-15-14(12-16)11-13-7-3-2-4-8-13/h2-4,7-8,14-16H,5-6,9-12H2,1H3. The lowest BCUT2D eigenvalue weighted by molar-refractivity contribution is 0.241. The van der Waals surface area contributed by atoms with Crippen molar-refractivity contribution < 1.29 is 5.11 Å². The second kappa shape index (κ2) is 9.51.